The van der Waals surface area contributed by atoms with E-state index in [-0.39, 0.29) is 5.56 Å². The summed E-state index contributed by atoms with van der Waals surface area (Å²) < 4.78 is 44.8. The topological polar surface area (TPSA) is 93.8 Å². The van der Waals surface area contributed by atoms with Crippen molar-refractivity contribution >= 4 is 33.7 Å². The third-order valence-corrected chi connectivity index (χ3v) is 5.18. The van der Waals surface area contributed by atoms with Crippen LogP contribution in [0.5, 0.6) is 5.75 Å². The predicted molar refractivity (Wildman–Crippen MR) is 122 cm³/mol. The maximum atomic E-state index is 12.8. The smallest absolute Gasteiger partial charge is 0.416 e. The van der Waals surface area contributed by atoms with Gasteiger partial charge in [-0.2, -0.15) is 18.3 Å². The van der Waals surface area contributed by atoms with Crippen molar-refractivity contribution in [3.8, 4) is 5.75 Å². The van der Waals surface area contributed by atoms with E-state index in [1.165, 1.54) is 6.21 Å². The van der Waals surface area contributed by atoms with Crippen LogP contribution in [0.2, 0.25) is 0 Å². The van der Waals surface area contributed by atoms with Gasteiger partial charge in [0.05, 0.1) is 27.6 Å². The van der Waals surface area contributed by atoms with Gasteiger partial charge < -0.3 is 4.74 Å². The second-order valence-electron chi connectivity index (χ2n) is 7.03. The van der Waals surface area contributed by atoms with Gasteiger partial charge in [0.15, 0.2) is 0 Å². The van der Waals surface area contributed by atoms with E-state index < -0.39 is 34.7 Å². The van der Waals surface area contributed by atoms with E-state index in [9.17, 15) is 28.1 Å². The maximum absolute atomic E-state index is 12.8. The van der Waals surface area contributed by atoms with Crippen molar-refractivity contribution < 1.29 is 27.6 Å². The lowest BCUT2D eigenvalue weighted by atomic mass is 10.1. The van der Waals surface area contributed by atoms with Gasteiger partial charge in [-0.15, -0.1) is 0 Å². The number of nitro benzene ring substituents is 1. The molecule has 0 saturated carbocycles. The minimum Gasteiger partial charge on any atom is -0.488 e. The zero-order valence-electron chi connectivity index (χ0n) is 17.4. The number of halogens is 4. The number of nitrogens with zero attached hydrogens (tertiary/aromatic N) is 2. The number of nitro groups is 1. The van der Waals surface area contributed by atoms with Gasteiger partial charge in [0, 0.05) is 11.6 Å². The van der Waals surface area contributed by atoms with Crippen LogP contribution in [-0.2, 0) is 24.0 Å². The Labute approximate surface area is 200 Å². The Morgan fingerprint density at radius 1 is 1.12 bits per heavy atom. The molecule has 0 heterocycles. The first-order chi connectivity index (χ1) is 16.1. The molecule has 0 radical (unpaired) electrons. The molecule has 0 aliphatic heterocycles. The highest BCUT2D eigenvalue weighted by molar-refractivity contribution is 9.10. The number of benzene rings is 3. The molecule has 34 heavy (non-hydrogen) atoms. The number of carbonyl (C=O) groups excluding carboxylic acids is 1. The first-order valence-electron chi connectivity index (χ1n) is 9.76. The van der Waals surface area contributed by atoms with E-state index >= 15 is 0 Å². The van der Waals surface area contributed by atoms with Gasteiger partial charge in [0.25, 0.3) is 5.69 Å². The second-order valence-corrected chi connectivity index (χ2v) is 7.89. The summed E-state index contributed by atoms with van der Waals surface area (Å²) >= 11 is 3.41. The summed E-state index contributed by atoms with van der Waals surface area (Å²) in [5.74, 6) is -0.111. The Morgan fingerprint density at radius 2 is 1.85 bits per heavy atom. The average Bonchev–Trinajstić information content (AvgIpc) is 2.78. The molecule has 0 aliphatic carbocycles. The molecule has 0 fully saturated rings. The Morgan fingerprint density at radius 3 is 2.50 bits per heavy atom. The highest BCUT2D eigenvalue weighted by Gasteiger charge is 2.33. The normalized spacial score (nSPS) is 11.4. The van der Waals surface area contributed by atoms with E-state index in [1.807, 2.05) is 30.3 Å². The fourth-order valence-corrected chi connectivity index (χ4v) is 3.41. The van der Waals surface area contributed by atoms with Gasteiger partial charge in [-0.25, -0.2) is 5.43 Å². The lowest BCUT2D eigenvalue weighted by Gasteiger charge is -2.09. The number of nitrogens with one attached hydrogen (secondary N) is 1. The molecule has 11 heteroatoms. The van der Waals surface area contributed by atoms with Crippen molar-refractivity contribution in [3.63, 3.8) is 0 Å². The SMILES string of the molecule is O=C(Cc1ccc(C(F)(F)F)cc1[N+](=O)[O-])NN=Cc1ccc(OCc2ccccc2)c(Br)c1. The van der Waals surface area contributed by atoms with Crippen molar-refractivity contribution in [3.05, 3.63) is 104 Å². The molecular formula is C23H17BrF3N3O4. The number of amides is 1. The first kappa shape index (κ1) is 24.9. The highest BCUT2D eigenvalue weighted by atomic mass is 79.9. The van der Waals surface area contributed by atoms with Crippen molar-refractivity contribution in [2.75, 3.05) is 0 Å². The zero-order valence-corrected chi connectivity index (χ0v) is 19.0. The standard InChI is InChI=1S/C23H17BrF3N3O4/c24-19-10-16(6-9-21(19)34-14-15-4-2-1-3-5-15)13-28-29-22(31)11-17-7-8-18(23(25,26)27)12-20(17)30(32)33/h1-10,12-13H,11,14H2,(H,29,31). The van der Waals surface area contributed by atoms with Gasteiger partial charge in [-0.1, -0.05) is 36.4 Å². The summed E-state index contributed by atoms with van der Waals surface area (Å²) in [6.45, 7) is 0.388. The third kappa shape index (κ3) is 6.88. The molecule has 0 saturated heterocycles. The van der Waals surface area contributed by atoms with E-state index in [4.69, 9.17) is 4.74 Å². The summed E-state index contributed by atoms with van der Waals surface area (Å²) in [5.41, 5.74) is 1.73. The van der Waals surface area contributed by atoms with Gasteiger partial charge in [0.2, 0.25) is 5.91 Å². The van der Waals surface area contributed by atoms with Crippen molar-refractivity contribution in [2.45, 2.75) is 19.2 Å². The number of carbonyl (C=O) groups is 1. The van der Waals surface area contributed by atoms with Crippen LogP contribution in [0.4, 0.5) is 18.9 Å². The Hall–Kier alpha value is -3.73. The molecular weight excluding hydrogens is 519 g/mol. The highest BCUT2D eigenvalue weighted by Crippen LogP contribution is 2.33. The maximum Gasteiger partial charge on any atom is 0.416 e. The number of rotatable bonds is 8. The lowest BCUT2D eigenvalue weighted by molar-refractivity contribution is -0.385. The van der Waals surface area contributed by atoms with Crippen molar-refractivity contribution in [1.29, 1.82) is 0 Å². The number of hydrogen-bond donors (Lipinski definition) is 1. The zero-order chi connectivity index (χ0) is 24.7. The van der Waals surface area contributed by atoms with Crippen LogP contribution in [0.15, 0.2) is 76.3 Å². The molecule has 176 valence electrons. The molecule has 1 amide bonds. The quantitative estimate of drug-likeness (QED) is 0.229. The van der Waals surface area contributed by atoms with Crippen LogP contribution in [0, 0.1) is 10.1 Å². The van der Waals surface area contributed by atoms with Crippen LogP contribution in [0.3, 0.4) is 0 Å². The van der Waals surface area contributed by atoms with E-state index in [0.29, 0.717) is 34.5 Å². The molecule has 7 nitrogen and oxygen atoms in total. The molecule has 0 bridgehead atoms. The number of ether oxygens (including phenoxy) is 1. The fraction of sp³-hybridized carbons (Fsp3) is 0.130. The Balaban J connectivity index is 1.59. The molecule has 0 aliphatic rings. The second kappa shape index (κ2) is 10.9. The van der Waals surface area contributed by atoms with E-state index in [0.717, 1.165) is 11.6 Å². The van der Waals surface area contributed by atoms with Gasteiger partial charge >= 0.3 is 6.18 Å². The van der Waals surface area contributed by atoms with Crippen LogP contribution in [0.1, 0.15) is 22.3 Å². The predicted octanol–water partition coefficient (Wildman–Crippen LogP) is 5.65. The minimum atomic E-state index is -4.73. The Bertz CT molecular complexity index is 1220. The van der Waals surface area contributed by atoms with Crippen molar-refractivity contribution in [1.82, 2.24) is 5.43 Å². The molecule has 3 rings (SSSR count). The summed E-state index contributed by atoms with van der Waals surface area (Å²) in [4.78, 5) is 22.3. The largest absolute Gasteiger partial charge is 0.488 e. The molecule has 0 unspecified atom stereocenters. The first-order valence-corrected chi connectivity index (χ1v) is 10.6. The molecule has 3 aromatic carbocycles. The monoisotopic (exact) mass is 535 g/mol. The molecule has 3 aromatic rings. The summed E-state index contributed by atoms with van der Waals surface area (Å²) in [6, 6.07) is 16.8. The van der Waals surface area contributed by atoms with Crippen LogP contribution < -0.4 is 10.2 Å². The van der Waals surface area contributed by atoms with Crippen LogP contribution in [-0.4, -0.2) is 17.0 Å². The third-order valence-electron chi connectivity index (χ3n) is 4.56. The van der Waals surface area contributed by atoms with Gasteiger partial charge in [0.1, 0.15) is 12.4 Å². The fourth-order valence-electron chi connectivity index (χ4n) is 2.90. The summed E-state index contributed by atoms with van der Waals surface area (Å²) in [7, 11) is 0. The van der Waals surface area contributed by atoms with Crippen LogP contribution >= 0.6 is 15.9 Å². The van der Waals surface area contributed by atoms with Crippen molar-refractivity contribution in [2.24, 2.45) is 5.10 Å². The van der Waals surface area contributed by atoms with Crippen LogP contribution in [0.25, 0.3) is 0 Å². The summed E-state index contributed by atoms with van der Waals surface area (Å²) in [6.07, 6.45) is -3.89. The van der Waals surface area contributed by atoms with E-state index in [1.54, 1.807) is 18.2 Å². The molecule has 0 aromatic heterocycles. The van der Waals surface area contributed by atoms with E-state index in [2.05, 4.69) is 26.5 Å². The summed E-state index contributed by atoms with van der Waals surface area (Å²) in [5, 5.41) is 14.9. The molecule has 1 N–H and O–H groups in total. The number of hydrazone groups is 1. The Kier molecular flexibility index (Phi) is 8.00. The lowest BCUT2D eigenvalue weighted by Crippen LogP contribution is -2.20. The van der Waals surface area contributed by atoms with Gasteiger partial charge in [-0.05, 0) is 51.3 Å². The average molecular weight is 536 g/mol. The number of hydrogen-bond acceptors (Lipinski definition) is 5. The molecule has 0 atom stereocenters. The minimum absolute atomic E-state index is 0.159. The van der Waals surface area contributed by atoms with Gasteiger partial charge in [-0.3, -0.25) is 14.9 Å². The molecule has 0 spiro atoms. The number of alkyl halides is 3.